The molecule has 0 fully saturated rings. The molecule has 2 aromatic carbocycles. The Morgan fingerprint density at radius 3 is 2.58 bits per heavy atom. The number of hydrogen-bond acceptors (Lipinski definition) is 2. The third-order valence-electron chi connectivity index (χ3n) is 2.78. The highest BCUT2D eigenvalue weighted by atomic mass is 79.9. The summed E-state index contributed by atoms with van der Waals surface area (Å²) in [5, 5.41) is 8.83. The Balaban J connectivity index is 1.80. The molecule has 0 amide bonds. The zero-order chi connectivity index (χ0) is 13.5. The van der Waals surface area contributed by atoms with Crippen molar-refractivity contribution in [3.05, 3.63) is 64.1 Å². The molecule has 19 heavy (non-hydrogen) atoms. The van der Waals surface area contributed by atoms with Gasteiger partial charge in [-0.2, -0.15) is 5.26 Å². The lowest BCUT2D eigenvalue weighted by atomic mass is 10.1. The number of rotatable bonds is 5. The first-order valence-electron chi connectivity index (χ1n) is 6.16. The Morgan fingerprint density at radius 1 is 1.11 bits per heavy atom. The first-order chi connectivity index (χ1) is 9.29. The summed E-state index contributed by atoms with van der Waals surface area (Å²) in [4.78, 5) is 0. The number of nitrogens with zero attached hydrogens (tertiary/aromatic N) is 1. The van der Waals surface area contributed by atoms with Gasteiger partial charge in [-0.25, -0.2) is 0 Å². The SMILES string of the molecule is N#Cc1ccc(OCCCc2ccccc2)cc1Br. The van der Waals surface area contributed by atoms with Crippen LogP contribution < -0.4 is 4.74 Å². The van der Waals surface area contributed by atoms with Crippen molar-refractivity contribution in [2.24, 2.45) is 0 Å². The molecule has 0 saturated heterocycles. The van der Waals surface area contributed by atoms with Gasteiger partial charge in [0.25, 0.3) is 0 Å². The van der Waals surface area contributed by atoms with E-state index in [4.69, 9.17) is 10.00 Å². The van der Waals surface area contributed by atoms with Gasteiger partial charge >= 0.3 is 0 Å². The highest BCUT2D eigenvalue weighted by Gasteiger charge is 2.01. The molecular weight excluding hydrogens is 302 g/mol. The summed E-state index contributed by atoms with van der Waals surface area (Å²) < 4.78 is 6.44. The molecule has 0 atom stereocenters. The summed E-state index contributed by atoms with van der Waals surface area (Å²) in [6.45, 7) is 0.674. The highest BCUT2D eigenvalue weighted by Crippen LogP contribution is 2.22. The van der Waals surface area contributed by atoms with Crippen LogP contribution in [0.15, 0.2) is 53.0 Å². The fourth-order valence-corrected chi connectivity index (χ4v) is 2.23. The molecule has 0 N–H and O–H groups in total. The lowest BCUT2D eigenvalue weighted by Crippen LogP contribution is -1.99. The molecule has 2 rings (SSSR count). The van der Waals surface area contributed by atoms with Crippen LogP contribution in [0.3, 0.4) is 0 Å². The van der Waals surface area contributed by atoms with E-state index in [0.717, 1.165) is 23.1 Å². The summed E-state index contributed by atoms with van der Waals surface area (Å²) in [5.74, 6) is 0.791. The van der Waals surface area contributed by atoms with Crippen molar-refractivity contribution in [1.82, 2.24) is 0 Å². The van der Waals surface area contributed by atoms with Crippen molar-refractivity contribution in [2.45, 2.75) is 12.8 Å². The molecule has 96 valence electrons. The van der Waals surface area contributed by atoms with Crippen LogP contribution in [0, 0.1) is 11.3 Å². The van der Waals surface area contributed by atoms with Crippen LogP contribution in [0.25, 0.3) is 0 Å². The van der Waals surface area contributed by atoms with E-state index in [9.17, 15) is 0 Å². The monoisotopic (exact) mass is 315 g/mol. The first-order valence-corrected chi connectivity index (χ1v) is 6.95. The third-order valence-corrected chi connectivity index (χ3v) is 3.44. The predicted octanol–water partition coefficient (Wildman–Crippen LogP) is 4.33. The lowest BCUT2D eigenvalue weighted by Gasteiger charge is -2.07. The van der Waals surface area contributed by atoms with Crippen molar-refractivity contribution >= 4 is 15.9 Å². The quantitative estimate of drug-likeness (QED) is 0.769. The molecule has 2 aromatic rings. The van der Waals surface area contributed by atoms with Crippen LogP contribution in [0.4, 0.5) is 0 Å². The second-order valence-electron chi connectivity index (χ2n) is 4.19. The number of ether oxygens (including phenoxy) is 1. The van der Waals surface area contributed by atoms with Crippen molar-refractivity contribution in [2.75, 3.05) is 6.61 Å². The number of nitriles is 1. The van der Waals surface area contributed by atoms with E-state index in [1.807, 2.05) is 30.3 Å². The van der Waals surface area contributed by atoms with E-state index >= 15 is 0 Å². The molecular formula is C16H14BrNO. The van der Waals surface area contributed by atoms with Gasteiger partial charge in [-0.3, -0.25) is 0 Å². The molecule has 0 spiro atoms. The minimum atomic E-state index is 0.622. The van der Waals surface area contributed by atoms with Gasteiger partial charge in [0, 0.05) is 4.47 Å². The Morgan fingerprint density at radius 2 is 1.89 bits per heavy atom. The largest absolute Gasteiger partial charge is 0.494 e. The molecule has 3 heteroatoms. The van der Waals surface area contributed by atoms with Crippen LogP contribution in [0.1, 0.15) is 17.5 Å². The Bertz CT molecular complexity index is 575. The van der Waals surface area contributed by atoms with Gasteiger partial charge in [0.15, 0.2) is 0 Å². The normalized spacial score (nSPS) is 9.89. The fraction of sp³-hybridized carbons (Fsp3) is 0.188. The van der Waals surface area contributed by atoms with E-state index in [1.54, 1.807) is 6.07 Å². The second-order valence-corrected chi connectivity index (χ2v) is 5.05. The molecule has 0 aliphatic rings. The molecule has 0 unspecified atom stereocenters. The fourth-order valence-electron chi connectivity index (χ4n) is 1.79. The van der Waals surface area contributed by atoms with E-state index in [-0.39, 0.29) is 0 Å². The Labute approximate surface area is 121 Å². The minimum Gasteiger partial charge on any atom is -0.494 e. The molecule has 0 aromatic heterocycles. The second kappa shape index (κ2) is 6.96. The van der Waals surface area contributed by atoms with Gasteiger partial charge < -0.3 is 4.74 Å². The maximum atomic E-state index is 8.83. The van der Waals surface area contributed by atoms with Gasteiger partial charge in [-0.1, -0.05) is 30.3 Å². The van der Waals surface area contributed by atoms with E-state index < -0.39 is 0 Å². The van der Waals surface area contributed by atoms with Crippen molar-refractivity contribution in [1.29, 1.82) is 5.26 Å². The molecule has 0 heterocycles. The zero-order valence-corrected chi connectivity index (χ0v) is 12.1. The van der Waals surface area contributed by atoms with Crippen LogP contribution in [0.5, 0.6) is 5.75 Å². The van der Waals surface area contributed by atoms with Crippen molar-refractivity contribution < 1.29 is 4.74 Å². The van der Waals surface area contributed by atoms with Gasteiger partial charge in [0.1, 0.15) is 11.8 Å². The number of aryl methyl sites for hydroxylation is 1. The maximum absolute atomic E-state index is 8.83. The van der Waals surface area contributed by atoms with E-state index in [1.165, 1.54) is 5.56 Å². The molecule has 0 aliphatic carbocycles. The zero-order valence-electron chi connectivity index (χ0n) is 10.5. The highest BCUT2D eigenvalue weighted by molar-refractivity contribution is 9.10. The van der Waals surface area contributed by atoms with Gasteiger partial charge in [0.2, 0.25) is 0 Å². The van der Waals surface area contributed by atoms with Crippen LogP contribution in [-0.2, 0) is 6.42 Å². The van der Waals surface area contributed by atoms with Gasteiger partial charge in [-0.05, 0) is 52.5 Å². The molecule has 2 nitrogen and oxygen atoms in total. The average Bonchev–Trinajstić information content (AvgIpc) is 2.45. The molecule has 0 radical (unpaired) electrons. The Kier molecular flexibility index (Phi) is 5.00. The first kappa shape index (κ1) is 13.6. The smallest absolute Gasteiger partial charge is 0.120 e. The number of benzene rings is 2. The van der Waals surface area contributed by atoms with E-state index in [0.29, 0.717) is 12.2 Å². The topological polar surface area (TPSA) is 33.0 Å². The minimum absolute atomic E-state index is 0.622. The molecule has 0 bridgehead atoms. The van der Waals surface area contributed by atoms with Gasteiger partial charge in [0.05, 0.1) is 12.2 Å². The summed E-state index contributed by atoms with van der Waals surface area (Å²) in [7, 11) is 0. The number of hydrogen-bond donors (Lipinski definition) is 0. The van der Waals surface area contributed by atoms with Crippen LogP contribution in [-0.4, -0.2) is 6.61 Å². The lowest BCUT2D eigenvalue weighted by molar-refractivity contribution is 0.311. The van der Waals surface area contributed by atoms with Crippen molar-refractivity contribution in [3.8, 4) is 11.8 Å². The average molecular weight is 316 g/mol. The Hall–Kier alpha value is -1.79. The third kappa shape index (κ3) is 4.11. The van der Waals surface area contributed by atoms with Crippen LogP contribution >= 0.6 is 15.9 Å². The summed E-state index contributed by atoms with van der Waals surface area (Å²) >= 11 is 3.35. The predicted molar refractivity (Wildman–Crippen MR) is 79.1 cm³/mol. The molecule has 0 aliphatic heterocycles. The number of halogens is 1. The molecule has 0 saturated carbocycles. The van der Waals surface area contributed by atoms with Crippen LogP contribution in [0.2, 0.25) is 0 Å². The van der Waals surface area contributed by atoms with Gasteiger partial charge in [-0.15, -0.1) is 0 Å². The summed E-state index contributed by atoms with van der Waals surface area (Å²) in [6.07, 6.45) is 1.99. The van der Waals surface area contributed by atoms with E-state index in [2.05, 4.69) is 34.1 Å². The standard InChI is InChI=1S/C16H14BrNO/c17-16-11-15(9-8-14(16)12-18)19-10-4-7-13-5-2-1-3-6-13/h1-3,5-6,8-9,11H,4,7,10H2. The van der Waals surface area contributed by atoms with Crippen molar-refractivity contribution in [3.63, 3.8) is 0 Å². The summed E-state index contributed by atoms with van der Waals surface area (Å²) in [6, 6.07) is 17.9. The maximum Gasteiger partial charge on any atom is 0.120 e. The summed E-state index contributed by atoms with van der Waals surface area (Å²) in [5.41, 5.74) is 1.95.